The SMILES string of the molecule is COC(=O)Cc1ccc(OC)c(-c2ccc(C(F)(F)F)cc2CNCCO)c1. The van der Waals surface area contributed by atoms with Crippen molar-refractivity contribution in [1.82, 2.24) is 5.32 Å². The van der Waals surface area contributed by atoms with E-state index in [1.807, 2.05) is 0 Å². The average molecular weight is 397 g/mol. The molecule has 0 fully saturated rings. The van der Waals surface area contributed by atoms with E-state index in [4.69, 9.17) is 9.84 Å². The second-order valence-corrected chi connectivity index (χ2v) is 6.06. The maximum atomic E-state index is 13.1. The van der Waals surface area contributed by atoms with Crippen molar-refractivity contribution in [3.63, 3.8) is 0 Å². The Kier molecular flexibility index (Phi) is 7.42. The van der Waals surface area contributed by atoms with E-state index < -0.39 is 17.7 Å². The first-order chi connectivity index (χ1) is 13.3. The molecule has 0 aliphatic carbocycles. The number of benzene rings is 2. The van der Waals surface area contributed by atoms with Crippen molar-refractivity contribution < 1.29 is 32.5 Å². The van der Waals surface area contributed by atoms with Crippen molar-refractivity contribution in [2.45, 2.75) is 19.1 Å². The summed E-state index contributed by atoms with van der Waals surface area (Å²) in [5.41, 5.74) is 1.40. The van der Waals surface area contributed by atoms with E-state index in [9.17, 15) is 18.0 Å². The van der Waals surface area contributed by atoms with Gasteiger partial charge in [-0.15, -0.1) is 0 Å². The van der Waals surface area contributed by atoms with Crippen molar-refractivity contribution in [3.8, 4) is 16.9 Å². The van der Waals surface area contributed by atoms with E-state index in [2.05, 4.69) is 10.1 Å². The van der Waals surface area contributed by atoms with Crippen molar-refractivity contribution >= 4 is 5.97 Å². The topological polar surface area (TPSA) is 67.8 Å². The molecular weight excluding hydrogens is 375 g/mol. The molecule has 28 heavy (non-hydrogen) atoms. The molecule has 0 atom stereocenters. The summed E-state index contributed by atoms with van der Waals surface area (Å²) in [6.45, 7) is 0.242. The number of rotatable bonds is 8. The van der Waals surface area contributed by atoms with Gasteiger partial charge in [-0.25, -0.2) is 0 Å². The van der Waals surface area contributed by atoms with Crippen LogP contribution in [0, 0.1) is 0 Å². The molecule has 0 spiro atoms. The third-order valence-electron chi connectivity index (χ3n) is 4.17. The van der Waals surface area contributed by atoms with E-state index in [0.717, 1.165) is 12.1 Å². The summed E-state index contributed by atoms with van der Waals surface area (Å²) in [7, 11) is 2.75. The number of nitrogens with one attached hydrogen (secondary N) is 1. The fourth-order valence-corrected chi connectivity index (χ4v) is 2.80. The number of aliphatic hydroxyl groups is 1. The van der Waals surface area contributed by atoms with Crippen molar-refractivity contribution in [1.29, 1.82) is 0 Å². The average Bonchev–Trinajstić information content (AvgIpc) is 2.67. The molecule has 0 radical (unpaired) electrons. The molecule has 0 aliphatic rings. The zero-order chi connectivity index (χ0) is 20.7. The summed E-state index contributed by atoms with van der Waals surface area (Å²) in [4.78, 5) is 11.6. The molecule has 0 saturated heterocycles. The van der Waals surface area contributed by atoms with Crippen LogP contribution in [-0.4, -0.2) is 38.4 Å². The van der Waals surface area contributed by atoms with Gasteiger partial charge in [0.15, 0.2) is 0 Å². The third-order valence-corrected chi connectivity index (χ3v) is 4.17. The van der Waals surface area contributed by atoms with E-state index in [-0.39, 0.29) is 26.1 Å². The van der Waals surface area contributed by atoms with Crippen molar-refractivity contribution in [2.24, 2.45) is 0 Å². The summed E-state index contributed by atoms with van der Waals surface area (Å²) < 4.78 is 49.5. The lowest BCUT2D eigenvalue weighted by Crippen LogP contribution is -2.18. The van der Waals surface area contributed by atoms with E-state index in [0.29, 0.717) is 28.0 Å². The summed E-state index contributed by atoms with van der Waals surface area (Å²) >= 11 is 0. The summed E-state index contributed by atoms with van der Waals surface area (Å²) in [6, 6.07) is 8.54. The van der Waals surface area contributed by atoms with Gasteiger partial charge in [0.1, 0.15) is 5.75 Å². The molecule has 0 unspecified atom stereocenters. The second-order valence-electron chi connectivity index (χ2n) is 6.06. The highest BCUT2D eigenvalue weighted by molar-refractivity contribution is 5.77. The van der Waals surface area contributed by atoms with Gasteiger partial charge in [0.2, 0.25) is 0 Å². The number of esters is 1. The summed E-state index contributed by atoms with van der Waals surface area (Å²) in [5.74, 6) is 0.0464. The molecule has 152 valence electrons. The Morgan fingerprint density at radius 1 is 1.11 bits per heavy atom. The van der Waals surface area contributed by atoms with Gasteiger partial charge >= 0.3 is 12.1 Å². The summed E-state index contributed by atoms with van der Waals surface area (Å²) in [6.07, 6.45) is -4.44. The van der Waals surface area contributed by atoms with Crippen LogP contribution in [0.2, 0.25) is 0 Å². The predicted molar refractivity (Wildman–Crippen MR) is 97.9 cm³/mol. The van der Waals surface area contributed by atoms with Gasteiger partial charge in [-0.2, -0.15) is 13.2 Å². The van der Waals surface area contributed by atoms with Crippen LogP contribution in [0.3, 0.4) is 0 Å². The molecule has 2 aromatic rings. The Morgan fingerprint density at radius 2 is 1.86 bits per heavy atom. The van der Waals surface area contributed by atoms with Crippen molar-refractivity contribution in [3.05, 3.63) is 53.1 Å². The predicted octanol–water partition coefficient (Wildman–Crippen LogP) is 3.18. The lowest BCUT2D eigenvalue weighted by molar-refractivity contribution is -0.140. The zero-order valence-corrected chi connectivity index (χ0v) is 15.6. The Labute approximate surface area is 161 Å². The fourth-order valence-electron chi connectivity index (χ4n) is 2.80. The van der Waals surface area contributed by atoms with Gasteiger partial charge in [0, 0.05) is 18.7 Å². The highest BCUT2D eigenvalue weighted by Crippen LogP contribution is 2.37. The first-order valence-corrected chi connectivity index (χ1v) is 8.56. The van der Waals surface area contributed by atoms with E-state index in [1.54, 1.807) is 18.2 Å². The number of methoxy groups -OCH3 is 2. The molecule has 0 bridgehead atoms. The highest BCUT2D eigenvalue weighted by atomic mass is 19.4. The number of hydrogen-bond donors (Lipinski definition) is 2. The van der Waals surface area contributed by atoms with Crippen LogP contribution in [0.15, 0.2) is 36.4 Å². The molecule has 0 heterocycles. The molecule has 2 aromatic carbocycles. The molecular formula is C20H22F3NO4. The molecule has 2 rings (SSSR count). The Bertz CT molecular complexity index is 822. The zero-order valence-electron chi connectivity index (χ0n) is 15.6. The molecule has 0 aromatic heterocycles. The quantitative estimate of drug-likeness (QED) is 0.529. The van der Waals surface area contributed by atoms with Crippen LogP contribution >= 0.6 is 0 Å². The minimum atomic E-state index is -4.47. The monoisotopic (exact) mass is 397 g/mol. The van der Waals surface area contributed by atoms with E-state index >= 15 is 0 Å². The van der Waals surface area contributed by atoms with Crippen LogP contribution in [0.25, 0.3) is 11.1 Å². The minimum Gasteiger partial charge on any atom is -0.496 e. The molecule has 8 heteroatoms. The standard InChI is InChI=1S/C20H22F3NO4/c1-27-18-6-3-13(10-19(26)28-2)9-17(18)16-5-4-15(20(21,22)23)11-14(16)12-24-7-8-25/h3-6,9,11,24-25H,7-8,10,12H2,1-2H3. The van der Waals surface area contributed by atoms with Crippen LogP contribution in [0.1, 0.15) is 16.7 Å². The lowest BCUT2D eigenvalue weighted by Gasteiger charge is -2.17. The highest BCUT2D eigenvalue weighted by Gasteiger charge is 2.31. The first-order valence-electron chi connectivity index (χ1n) is 8.56. The molecule has 0 aliphatic heterocycles. The van der Waals surface area contributed by atoms with Crippen LogP contribution in [0.4, 0.5) is 13.2 Å². The van der Waals surface area contributed by atoms with E-state index in [1.165, 1.54) is 20.3 Å². The normalized spacial score (nSPS) is 11.4. The maximum Gasteiger partial charge on any atom is 0.416 e. The molecule has 0 saturated carbocycles. The Hall–Kier alpha value is -2.58. The summed E-state index contributed by atoms with van der Waals surface area (Å²) in [5, 5.41) is 11.8. The fraction of sp³-hybridized carbons (Fsp3) is 0.350. The van der Waals surface area contributed by atoms with Gasteiger partial charge in [-0.3, -0.25) is 4.79 Å². The smallest absolute Gasteiger partial charge is 0.416 e. The van der Waals surface area contributed by atoms with Gasteiger partial charge < -0.3 is 19.9 Å². The second kappa shape index (κ2) is 9.57. The molecule has 2 N–H and O–H groups in total. The number of carbonyl (C=O) groups excluding carboxylic acids is 1. The number of alkyl halides is 3. The Balaban J connectivity index is 2.54. The largest absolute Gasteiger partial charge is 0.496 e. The van der Waals surface area contributed by atoms with Crippen LogP contribution in [-0.2, 0) is 28.7 Å². The number of hydrogen-bond acceptors (Lipinski definition) is 5. The third kappa shape index (κ3) is 5.46. The van der Waals surface area contributed by atoms with Gasteiger partial charge in [-0.05, 0) is 41.0 Å². The van der Waals surface area contributed by atoms with Gasteiger partial charge in [-0.1, -0.05) is 12.1 Å². The number of carbonyl (C=O) groups is 1. The maximum absolute atomic E-state index is 13.1. The van der Waals surface area contributed by atoms with Crippen molar-refractivity contribution in [2.75, 3.05) is 27.4 Å². The van der Waals surface area contributed by atoms with Crippen LogP contribution in [0.5, 0.6) is 5.75 Å². The van der Waals surface area contributed by atoms with Crippen LogP contribution < -0.4 is 10.1 Å². The Morgan fingerprint density at radius 3 is 2.46 bits per heavy atom. The molecule has 0 amide bonds. The first kappa shape index (κ1) is 21.7. The number of ether oxygens (including phenoxy) is 2. The number of halogens is 3. The number of aliphatic hydroxyl groups excluding tert-OH is 1. The van der Waals surface area contributed by atoms with Gasteiger partial charge in [0.05, 0.1) is 32.8 Å². The van der Waals surface area contributed by atoms with Gasteiger partial charge in [0.25, 0.3) is 0 Å². The minimum absolute atomic E-state index is 0.0340. The lowest BCUT2D eigenvalue weighted by atomic mass is 9.94. The molecule has 5 nitrogen and oxygen atoms in total.